The van der Waals surface area contributed by atoms with E-state index in [1.54, 1.807) is 4.90 Å². The third kappa shape index (κ3) is 1.86. The first kappa shape index (κ1) is 11.5. The summed E-state index contributed by atoms with van der Waals surface area (Å²) in [5.41, 5.74) is 1.09. The largest absolute Gasteiger partial charge is 0.480 e. The Bertz CT molecular complexity index is 435. The van der Waals surface area contributed by atoms with Crippen molar-refractivity contribution in [1.82, 2.24) is 4.90 Å². The van der Waals surface area contributed by atoms with E-state index >= 15 is 0 Å². The lowest BCUT2D eigenvalue weighted by atomic mass is 10.1. The topological polar surface area (TPSA) is 49.8 Å². The average Bonchev–Trinajstić information content (AvgIpc) is 3.03. The summed E-state index contributed by atoms with van der Waals surface area (Å²) in [5.74, 6) is 0.832. The number of ether oxygens (including phenoxy) is 1. The van der Waals surface area contributed by atoms with Gasteiger partial charge in [-0.1, -0.05) is 18.2 Å². The molecule has 96 valence electrons. The summed E-state index contributed by atoms with van der Waals surface area (Å²) in [6, 6.07) is 7.75. The van der Waals surface area contributed by atoms with Crippen molar-refractivity contribution in [1.29, 1.82) is 0 Å². The van der Waals surface area contributed by atoms with Crippen LogP contribution in [0.15, 0.2) is 24.3 Å². The fraction of sp³-hybridized carbons (Fsp3) is 0.500. The first-order valence-corrected chi connectivity index (χ1v) is 6.45. The summed E-state index contributed by atoms with van der Waals surface area (Å²) in [6.45, 7) is 0.783. The predicted octanol–water partition coefficient (Wildman–Crippen LogP) is 0.973. The zero-order valence-electron chi connectivity index (χ0n) is 10.2. The summed E-state index contributed by atoms with van der Waals surface area (Å²) in [5, 5.41) is 9.27. The van der Waals surface area contributed by atoms with Crippen LogP contribution < -0.4 is 4.74 Å². The van der Waals surface area contributed by atoms with Crippen molar-refractivity contribution in [2.45, 2.75) is 31.4 Å². The highest BCUT2D eigenvalue weighted by Gasteiger charge is 2.36. The maximum Gasteiger partial charge on any atom is 0.264 e. The molecule has 0 saturated carbocycles. The number of rotatable bonds is 2. The third-order valence-electron chi connectivity index (χ3n) is 3.79. The molecule has 3 rings (SSSR count). The zero-order chi connectivity index (χ0) is 12.5. The number of aliphatic hydroxyl groups is 1. The minimum absolute atomic E-state index is 0.0164. The molecule has 0 aliphatic carbocycles. The van der Waals surface area contributed by atoms with Crippen molar-refractivity contribution in [3.05, 3.63) is 29.8 Å². The van der Waals surface area contributed by atoms with E-state index in [-0.39, 0.29) is 18.6 Å². The number of fused-ring (bicyclic) bond motifs is 1. The molecule has 2 heterocycles. The Morgan fingerprint density at radius 1 is 1.44 bits per heavy atom. The van der Waals surface area contributed by atoms with Crippen LogP contribution >= 0.6 is 0 Å². The van der Waals surface area contributed by atoms with E-state index in [1.165, 1.54) is 0 Å². The Kier molecular flexibility index (Phi) is 2.96. The number of nitrogens with zero attached hydrogens (tertiary/aromatic N) is 1. The van der Waals surface area contributed by atoms with Crippen LogP contribution in [-0.2, 0) is 11.2 Å². The molecule has 1 amide bonds. The van der Waals surface area contributed by atoms with Gasteiger partial charge in [0.05, 0.1) is 12.6 Å². The van der Waals surface area contributed by atoms with Crippen LogP contribution in [0.3, 0.4) is 0 Å². The van der Waals surface area contributed by atoms with Gasteiger partial charge in [-0.2, -0.15) is 0 Å². The molecule has 4 nitrogen and oxygen atoms in total. The van der Waals surface area contributed by atoms with E-state index in [0.717, 1.165) is 30.7 Å². The first-order valence-electron chi connectivity index (χ1n) is 6.45. The molecule has 0 radical (unpaired) electrons. The fourth-order valence-electron chi connectivity index (χ4n) is 2.82. The molecule has 18 heavy (non-hydrogen) atoms. The smallest absolute Gasteiger partial charge is 0.264 e. The molecule has 1 aromatic rings. The summed E-state index contributed by atoms with van der Waals surface area (Å²) < 4.78 is 5.70. The van der Waals surface area contributed by atoms with Crippen LogP contribution in [-0.4, -0.2) is 41.2 Å². The van der Waals surface area contributed by atoms with Gasteiger partial charge in [0.2, 0.25) is 0 Å². The fourth-order valence-corrected chi connectivity index (χ4v) is 2.82. The summed E-state index contributed by atoms with van der Waals surface area (Å²) in [4.78, 5) is 14.1. The summed E-state index contributed by atoms with van der Waals surface area (Å²) in [6.07, 6.45) is 2.09. The van der Waals surface area contributed by atoms with Crippen molar-refractivity contribution in [2.75, 3.05) is 13.2 Å². The minimum Gasteiger partial charge on any atom is -0.480 e. The van der Waals surface area contributed by atoms with E-state index in [2.05, 4.69) is 0 Å². The lowest BCUT2D eigenvalue weighted by Crippen LogP contribution is -2.45. The van der Waals surface area contributed by atoms with Gasteiger partial charge in [-0.15, -0.1) is 0 Å². The van der Waals surface area contributed by atoms with Crippen molar-refractivity contribution in [2.24, 2.45) is 0 Å². The van der Waals surface area contributed by atoms with Gasteiger partial charge in [0.15, 0.2) is 6.10 Å². The second kappa shape index (κ2) is 4.61. The molecule has 0 bridgehead atoms. The minimum atomic E-state index is -0.408. The van der Waals surface area contributed by atoms with E-state index < -0.39 is 6.10 Å². The van der Waals surface area contributed by atoms with Gasteiger partial charge < -0.3 is 14.7 Å². The number of hydrogen-bond acceptors (Lipinski definition) is 3. The molecular weight excluding hydrogens is 230 g/mol. The quantitative estimate of drug-likeness (QED) is 0.847. The van der Waals surface area contributed by atoms with Crippen molar-refractivity contribution >= 4 is 5.91 Å². The molecule has 1 unspecified atom stereocenters. The highest BCUT2D eigenvalue weighted by molar-refractivity contribution is 5.83. The van der Waals surface area contributed by atoms with Crippen molar-refractivity contribution in [3.8, 4) is 5.75 Å². The molecule has 1 N–H and O–H groups in total. The maximum absolute atomic E-state index is 12.4. The van der Waals surface area contributed by atoms with Crippen LogP contribution in [0.1, 0.15) is 18.4 Å². The molecule has 4 heteroatoms. The second-order valence-electron chi connectivity index (χ2n) is 4.93. The molecule has 2 atom stereocenters. The Balaban J connectivity index is 1.72. The lowest BCUT2D eigenvalue weighted by Gasteiger charge is -2.25. The molecule has 1 saturated heterocycles. The van der Waals surface area contributed by atoms with Crippen LogP contribution in [0.25, 0.3) is 0 Å². The number of amides is 1. The molecule has 2 aliphatic rings. The van der Waals surface area contributed by atoms with Crippen LogP contribution in [0.5, 0.6) is 5.75 Å². The van der Waals surface area contributed by atoms with Gasteiger partial charge in [0, 0.05) is 13.0 Å². The monoisotopic (exact) mass is 247 g/mol. The Morgan fingerprint density at radius 3 is 3.06 bits per heavy atom. The number of benzene rings is 1. The van der Waals surface area contributed by atoms with Crippen molar-refractivity contribution < 1.29 is 14.6 Å². The highest BCUT2D eigenvalue weighted by atomic mass is 16.5. The van der Waals surface area contributed by atoms with Crippen LogP contribution in [0, 0.1) is 0 Å². The normalized spacial score (nSPS) is 25.9. The number of para-hydroxylation sites is 1. The van der Waals surface area contributed by atoms with Gasteiger partial charge in [-0.25, -0.2) is 0 Å². The number of aliphatic hydroxyl groups excluding tert-OH is 1. The Morgan fingerprint density at radius 2 is 2.28 bits per heavy atom. The summed E-state index contributed by atoms with van der Waals surface area (Å²) >= 11 is 0. The molecule has 0 spiro atoms. The zero-order valence-corrected chi connectivity index (χ0v) is 10.2. The third-order valence-corrected chi connectivity index (χ3v) is 3.79. The maximum atomic E-state index is 12.4. The van der Waals surface area contributed by atoms with E-state index in [9.17, 15) is 9.90 Å². The van der Waals surface area contributed by atoms with E-state index in [0.29, 0.717) is 6.42 Å². The number of carbonyl (C=O) groups is 1. The Hall–Kier alpha value is -1.55. The number of hydrogen-bond donors (Lipinski definition) is 1. The number of carbonyl (C=O) groups excluding carboxylic acids is 1. The van der Waals surface area contributed by atoms with Crippen LogP contribution in [0.2, 0.25) is 0 Å². The predicted molar refractivity (Wildman–Crippen MR) is 66.4 cm³/mol. The van der Waals surface area contributed by atoms with Gasteiger partial charge in [0.25, 0.3) is 5.91 Å². The molecular formula is C14H17NO3. The van der Waals surface area contributed by atoms with Crippen LogP contribution in [0.4, 0.5) is 0 Å². The van der Waals surface area contributed by atoms with Gasteiger partial charge in [-0.05, 0) is 24.5 Å². The standard InChI is InChI=1S/C14H17NO3/c16-9-11-5-3-7-15(11)14(17)13-8-10-4-1-2-6-12(10)18-13/h1-2,4,6,11,13,16H,3,5,7-9H2/t11-,13?/m0/s1. The van der Waals surface area contributed by atoms with Crippen molar-refractivity contribution in [3.63, 3.8) is 0 Å². The SMILES string of the molecule is O=C(C1Cc2ccccc2O1)N1CCC[C@H]1CO. The Labute approximate surface area is 106 Å². The first-order chi connectivity index (χ1) is 8.79. The molecule has 0 aromatic heterocycles. The molecule has 2 aliphatic heterocycles. The second-order valence-corrected chi connectivity index (χ2v) is 4.93. The molecule has 1 fully saturated rings. The van der Waals surface area contributed by atoms with Gasteiger partial charge in [0.1, 0.15) is 5.75 Å². The lowest BCUT2D eigenvalue weighted by molar-refractivity contribution is -0.139. The number of likely N-dealkylation sites (tertiary alicyclic amines) is 1. The van der Waals surface area contributed by atoms with Gasteiger partial charge in [-0.3, -0.25) is 4.79 Å². The summed E-state index contributed by atoms with van der Waals surface area (Å²) in [7, 11) is 0. The highest BCUT2D eigenvalue weighted by Crippen LogP contribution is 2.30. The van der Waals surface area contributed by atoms with E-state index in [1.807, 2.05) is 24.3 Å². The average molecular weight is 247 g/mol. The van der Waals surface area contributed by atoms with E-state index in [4.69, 9.17) is 4.74 Å². The van der Waals surface area contributed by atoms with Gasteiger partial charge >= 0.3 is 0 Å². The molecule has 1 aromatic carbocycles.